The highest BCUT2D eigenvalue weighted by Gasteiger charge is 2.05. The molecule has 0 saturated heterocycles. The molecule has 2 aromatic rings. The molecule has 0 unspecified atom stereocenters. The number of methoxy groups -OCH3 is 1. The molecule has 2 rings (SSSR count). The van der Waals surface area contributed by atoms with Gasteiger partial charge in [0.05, 0.1) is 12.3 Å². The minimum absolute atomic E-state index is 0.406. The molecule has 0 saturated carbocycles. The smallest absolute Gasteiger partial charge is 0.242 e. The number of aliphatic imine (C=N–C) groups is 1. The van der Waals surface area contributed by atoms with Crippen LogP contribution in [-0.2, 0) is 6.54 Å². The Morgan fingerprint density at radius 1 is 1.30 bits per heavy atom. The van der Waals surface area contributed by atoms with Crippen molar-refractivity contribution in [3.63, 3.8) is 0 Å². The van der Waals surface area contributed by atoms with Gasteiger partial charge in [-0.15, -0.1) is 0 Å². The molecule has 20 heavy (non-hydrogen) atoms. The molecule has 0 atom stereocenters. The number of nitrogens with one attached hydrogen (secondary N) is 1. The minimum Gasteiger partial charge on any atom is -0.479 e. The Bertz CT molecular complexity index is 639. The zero-order valence-electron chi connectivity index (χ0n) is 10.8. The largest absolute Gasteiger partial charge is 0.479 e. The van der Waals surface area contributed by atoms with E-state index >= 15 is 0 Å². The summed E-state index contributed by atoms with van der Waals surface area (Å²) in [6.45, 7) is 0.642. The first kappa shape index (κ1) is 14.5. The summed E-state index contributed by atoms with van der Waals surface area (Å²) < 4.78 is 5.16. The molecule has 0 radical (unpaired) electrons. The molecule has 1 aromatic carbocycles. The Morgan fingerprint density at radius 2 is 2.05 bits per heavy atom. The van der Waals surface area contributed by atoms with Crippen molar-refractivity contribution in [2.75, 3.05) is 12.4 Å². The fourth-order valence-corrected chi connectivity index (χ4v) is 1.84. The van der Waals surface area contributed by atoms with Crippen molar-refractivity contribution >= 4 is 40.5 Å². The van der Waals surface area contributed by atoms with E-state index in [9.17, 15) is 0 Å². The monoisotopic (exact) mass is 305 g/mol. The maximum atomic E-state index is 5.84. The number of aromatic nitrogens is 1. The lowest BCUT2D eigenvalue weighted by molar-refractivity contribution is 0.400. The highest BCUT2D eigenvalue weighted by atomic mass is 35.5. The van der Waals surface area contributed by atoms with Crippen molar-refractivity contribution in [2.24, 2.45) is 4.99 Å². The van der Waals surface area contributed by atoms with Gasteiger partial charge in [-0.3, -0.25) is 0 Å². The second-order valence-electron chi connectivity index (χ2n) is 3.91. The highest BCUT2D eigenvalue weighted by molar-refractivity contribution is 7.78. The van der Waals surface area contributed by atoms with E-state index in [0.29, 0.717) is 23.9 Å². The van der Waals surface area contributed by atoms with E-state index in [1.807, 2.05) is 30.3 Å². The molecule has 1 heterocycles. The van der Waals surface area contributed by atoms with Crippen LogP contribution in [0.2, 0.25) is 5.02 Å². The summed E-state index contributed by atoms with van der Waals surface area (Å²) in [7, 11) is 1.54. The molecule has 0 spiro atoms. The summed E-state index contributed by atoms with van der Waals surface area (Å²) in [4.78, 5) is 8.18. The van der Waals surface area contributed by atoms with Gasteiger partial charge in [0.1, 0.15) is 11.5 Å². The molecule has 4 nitrogen and oxygen atoms in total. The third kappa shape index (κ3) is 3.78. The summed E-state index contributed by atoms with van der Waals surface area (Å²) in [5.41, 5.74) is 1.66. The Balaban J connectivity index is 2.09. The quantitative estimate of drug-likeness (QED) is 0.667. The number of halogens is 1. The Morgan fingerprint density at radius 3 is 2.70 bits per heavy atom. The SMILES string of the molecule is COc1nc(NCc2ccc(Cl)cc2)ccc1N=C=S. The first-order valence-electron chi connectivity index (χ1n) is 5.84. The second kappa shape index (κ2) is 7.01. The molecule has 1 N–H and O–H groups in total. The molecule has 0 aliphatic heterocycles. The number of benzene rings is 1. The normalized spacial score (nSPS) is 9.70. The van der Waals surface area contributed by atoms with Crippen LogP contribution in [0.1, 0.15) is 5.56 Å². The van der Waals surface area contributed by atoms with Gasteiger partial charge in [0.25, 0.3) is 0 Å². The summed E-state index contributed by atoms with van der Waals surface area (Å²) in [6.07, 6.45) is 0. The van der Waals surface area contributed by atoms with Crippen LogP contribution in [0.25, 0.3) is 0 Å². The van der Waals surface area contributed by atoms with Crippen LogP contribution >= 0.6 is 23.8 Å². The molecule has 0 fully saturated rings. The number of isothiocyanates is 1. The second-order valence-corrected chi connectivity index (χ2v) is 4.53. The van der Waals surface area contributed by atoms with E-state index in [0.717, 1.165) is 10.6 Å². The molecule has 0 bridgehead atoms. The number of hydrogen-bond acceptors (Lipinski definition) is 5. The van der Waals surface area contributed by atoms with E-state index in [2.05, 4.69) is 32.7 Å². The van der Waals surface area contributed by atoms with Crippen molar-refractivity contribution in [1.29, 1.82) is 0 Å². The van der Waals surface area contributed by atoms with Crippen LogP contribution in [0.15, 0.2) is 41.4 Å². The lowest BCUT2D eigenvalue weighted by Gasteiger charge is -2.08. The topological polar surface area (TPSA) is 46.5 Å². The highest BCUT2D eigenvalue weighted by Crippen LogP contribution is 2.26. The Kier molecular flexibility index (Phi) is 5.07. The lowest BCUT2D eigenvalue weighted by atomic mass is 10.2. The molecule has 0 amide bonds. The average Bonchev–Trinajstić information content (AvgIpc) is 2.48. The van der Waals surface area contributed by atoms with Gasteiger partial charge in [-0.05, 0) is 42.0 Å². The first-order chi connectivity index (χ1) is 9.72. The zero-order valence-corrected chi connectivity index (χ0v) is 12.3. The van der Waals surface area contributed by atoms with Crippen molar-refractivity contribution < 1.29 is 4.74 Å². The van der Waals surface area contributed by atoms with Crippen LogP contribution in [0.4, 0.5) is 11.5 Å². The Hall–Kier alpha value is -1.94. The van der Waals surface area contributed by atoms with Crippen LogP contribution < -0.4 is 10.1 Å². The van der Waals surface area contributed by atoms with Gasteiger partial charge in [-0.1, -0.05) is 23.7 Å². The van der Waals surface area contributed by atoms with E-state index in [1.165, 1.54) is 7.11 Å². The third-order valence-electron chi connectivity index (χ3n) is 2.59. The molecule has 6 heteroatoms. The van der Waals surface area contributed by atoms with Crippen LogP contribution in [0, 0.1) is 0 Å². The number of ether oxygens (including phenoxy) is 1. The summed E-state index contributed by atoms with van der Waals surface area (Å²) in [5.74, 6) is 1.10. The lowest BCUT2D eigenvalue weighted by Crippen LogP contribution is -2.02. The molecule has 102 valence electrons. The maximum Gasteiger partial charge on any atom is 0.242 e. The van der Waals surface area contributed by atoms with Gasteiger partial charge in [0.15, 0.2) is 0 Å². The van der Waals surface area contributed by atoms with Crippen LogP contribution in [0.3, 0.4) is 0 Å². The predicted octanol–water partition coefficient (Wildman–Crippen LogP) is 4.09. The van der Waals surface area contributed by atoms with Gasteiger partial charge in [0.2, 0.25) is 5.88 Å². The van der Waals surface area contributed by atoms with E-state index in [4.69, 9.17) is 16.3 Å². The van der Waals surface area contributed by atoms with E-state index in [-0.39, 0.29) is 0 Å². The average molecular weight is 306 g/mol. The van der Waals surface area contributed by atoms with Crippen LogP contribution in [-0.4, -0.2) is 17.3 Å². The van der Waals surface area contributed by atoms with Gasteiger partial charge in [-0.25, -0.2) is 0 Å². The predicted molar refractivity (Wildman–Crippen MR) is 84.3 cm³/mol. The fraction of sp³-hybridized carbons (Fsp3) is 0.143. The Labute approximate surface area is 127 Å². The number of hydrogen-bond donors (Lipinski definition) is 1. The van der Waals surface area contributed by atoms with Gasteiger partial charge >= 0.3 is 0 Å². The molecule has 1 aromatic heterocycles. The first-order valence-corrected chi connectivity index (χ1v) is 6.63. The van der Waals surface area contributed by atoms with E-state index in [1.54, 1.807) is 6.07 Å². The van der Waals surface area contributed by atoms with Crippen LogP contribution in [0.5, 0.6) is 5.88 Å². The summed E-state index contributed by atoms with van der Waals surface area (Å²) >= 11 is 10.4. The summed E-state index contributed by atoms with van der Waals surface area (Å²) in [6, 6.07) is 11.2. The molecular formula is C14H12ClN3OS. The summed E-state index contributed by atoms with van der Waals surface area (Å²) in [5, 5.41) is 6.22. The van der Waals surface area contributed by atoms with Crippen molar-refractivity contribution in [3.8, 4) is 5.88 Å². The fourth-order valence-electron chi connectivity index (χ4n) is 1.61. The standard InChI is InChI=1S/C14H12ClN3OS/c1-19-14-12(17-9-20)6-7-13(18-14)16-8-10-2-4-11(15)5-3-10/h2-7H,8H2,1H3,(H,16,18). The van der Waals surface area contributed by atoms with Crippen molar-refractivity contribution in [1.82, 2.24) is 4.98 Å². The van der Waals surface area contributed by atoms with Gasteiger partial charge in [0, 0.05) is 11.6 Å². The zero-order chi connectivity index (χ0) is 14.4. The number of rotatable bonds is 5. The van der Waals surface area contributed by atoms with Crippen molar-refractivity contribution in [2.45, 2.75) is 6.54 Å². The van der Waals surface area contributed by atoms with E-state index < -0.39 is 0 Å². The number of anilines is 1. The molecule has 0 aliphatic rings. The minimum atomic E-state index is 0.406. The maximum absolute atomic E-state index is 5.84. The van der Waals surface area contributed by atoms with Gasteiger partial charge < -0.3 is 10.1 Å². The number of pyridine rings is 1. The molecule has 0 aliphatic carbocycles. The molecular weight excluding hydrogens is 294 g/mol. The third-order valence-corrected chi connectivity index (χ3v) is 2.93. The van der Waals surface area contributed by atoms with Gasteiger partial charge in [-0.2, -0.15) is 9.98 Å². The number of nitrogens with zero attached hydrogens (tertiary/aromatic N) is 2. The number of thiocarbonyl (C=S) groups is 1. The van der Waals surface area contributed by atoms with Crippen molar-refractivity contribution in [3.05, 3.63) is 47.0 Å².